The molecule has 1 unspecified atom stereocenters. The number of fused-ring (bicyclic) bond motifs is 2. The number of rotatable bonds is 3. The molecule has 164 valence electrons. The highest BCUT2D eigenvalue weighted by Crippen LogP contribution is 2.36. The number of carbonyl (C=O) groups is 1. The van der Waals surface area contributed by atoms with Crippen molar-refractivity contribution < 1.29 is 4.79 Å². The molecule has 1 aromatic carbocycles. The normalized spacial score (nSPS) is 18.8. The molecule has 6 rings (SSSR count). The fourth-order valence-corrected chi connectivity index (χ4v) is 6.21. The van der Waals surface area contributed by atoms with Gasteiger partial charge in [-0.05, 0) is 50.8 Å². The number of amides is 1. The van der Waals surface area contributed by atoms with Crippen molar-refractivity contribution in [3.63, 3.8) is 0 Å². The van der Waals surface area contributed by atoms with E-state index >= 15 is 0 Å². The van der Waals surface area contributed by atoms with Gasteiger partial charge in [0.2, 0.25) is 0 Å². The van der Waals surface area contributed by atoms with Crippen LogP contribution in [0.4, 0.5) is 0 Å². The topological polar surface area (TPSA) is 68.8 Å². The average Bonchev–Trinajstić information content (AvgIpc) is 3.57. The van der Waals surface area contributed by atoms with Crippen LogP contribution in [-0.4, -0.2) is 41.9 Å². The summed E-state index contributed by atoms with van der Waals surface area (Å²) in [5.41, 5.74) is 1.96. The lowest BCUT2D eigenvalue weighted by Gasteiger charge is -2.24. The molecule has 0 aliphatic carbocycles. The molecule has 1 amide bonds. The molecule has 2 aliphatic heterocycles. The number of hydrogen-bond donors (Lipinski definition) is 0. The molecule has 0 saturated carbocycles. The van der Waals surface area contributed by atoms with Gasteiger partial charge in [-0.2, -0.15) is 5.10 Å². The van der Waals surface area contributed by atoms with E-state index in [2.05, 4.69) is 14.8 Å². The molecule has 1 saturated heterocycles. The van der Waals surface area contributed by atoms with E-state index < -0.39 is 0 Å². The van der Waals surface area contributed by atoms with Crippen molar-refractivity contribution in [3.8, 4) is 5.69 Å². The number of benzene rings is 1. The zero-order chi connectivity index (χ0) is 21.7. The van der Waals surface area contributed by atoms with Crippen LogP contribution in [0.15, 0.2) is 36.4 Å². The van der Waals surface area contributed by atoms with Gasteiger partial charge in [-0.25, -0.2) is 4.68 Å². The number of para-hydroxylation sites is 1. The van der Waals surface area contributed by atoms with E-state index in [4.69, 9.17) is 5.10 Å². The van der Waals surface area contributed by atoms with Crippen LogP contribution in [0.2, 0.25) is 0 Å². The molecule has 5 heterocycles. The van der Waals surface area contributed by atoms with Gasteiger partial charge >= 0.3 is 0 Å². The number of nitrogens with zero attached hydrogens (tertiary/aromatic N) is 6. The van der Waals surface area contributed by atoms with Gasteiger partial charge in [0.25, 0.3) is 5.91 Å². The highest BCUT2D eigenvalue weighted by Gasteiger charge is 2.35. The smallest absolute Gasteiger partial charge is 0.264 e. The van der Waals surface area contributed by atoms with Crippen molar-refractivity contribution >= 4 is 27.5 Å². The van der Waals surface area contributed by atoms with E-state index in [9.17, 15) is 4.79 Å². The summed E-state index contributed by atoms with van der Waals surface area (Å²) >= 11 is 1.53. The molecule has 0 bridgehead atoms. The molecule has 7 nitrogen and oxygen atoms in total. The van der Waals surface area contributed by atoms with Crippen molar-refractivity contribution in [2.75, 3.05) is 6.54 Å². The maximum absolute atomic E-state index is 13.7. The third-order valence-electron chi connectivity index (χ3n) is 6.71. The third kappa shape index (κ3) is 3.16. The van der Waals surface area contributed by atoms with Gasteiger partial charge in [-0.3, -0.25) is 4.79 Å². The van der Waals surface area contributed by atoms with Crippen LogP contribution in [0.5, 0.6) is 0 Å². The predicted octanol–water partition coefficient (Wildman–Crippen LogP) is 4.69. The first kappa shape index (κ1) is 19.7. The second-order valence-corrected chi connectivity index (χ2v) is 9.79. The van der Waals surface area contributed by atoms with E-state index in [0.29, 0.717) is 0 Å². The Morgan fingerprint density at radius 2 is 1.94 bits per heavy atom. The fraction of sp³-hybridized carbons (Fsp3) is 0.417. The van der Waals surface area contributed by atoms with Crippen LogP contribution >= 0.6 is 11.3 Å². The molecule has 0 spiro atoms. The fourth-order valence-electron chi connectivity index (χ4n) is 5.07. The van der Waals surface area contributed by atoms with Crippen molar-refractivity contribution in [2.45, 2.75) is 58.0 Å². The molecule has 3 aromatic heterocycles. The Hall–Kier alpha value is -3.00. The molecule has 0 N–H and O–H groups in total. The van der Waals surface area contributed by atoms with Gasteiger partial charge in [0.05, 0.1) is 22.3 Å². The van der Waals surface area contributed by atoms with Crippen LogP contribution in [0.3, 0.4) is 0 Å². The van der Waals surface area contributed by atoms with Gasteiger partial charge in [-0.1, -0.05) is 24.6 Å². The van der Waals surface area contributed by atoms with Crippen molar-refractivity contribution in [2.24, 2.45) is 0 Å². The summed E-state index contributed by atoms with van der Waals surface area (Å²) in [6.07, 6.45) is 6.50. The summed E-state index contributed by atoms with van der Waals surface area (Å²) in [5, 5.41) is 14.8. The maximum Gasteiger partial charge on any atom is 0.264 e. The Bertz CT molecular complexity index is 1290. The predicted molar refractivity (Wildman–Crippen MR) is 124 cm³/mol. The van der Waals surface area contributed by atoms with Gasteiger partial charge in [0.1, 0.15) is 10.7 Å². The number of thiophene rings is 1. The second-order valence-electron chi connectivity index (χ2n) is 8.76. The largest absolute Gasteiger partial charge is 0.328 e. The Morgan fingerprint density at radius 1 is 1.06 bits per heavy atom. The van der Waals surface area contributed by atoms with E-state index in [1.54, 1.807) is 0 Å². The Balaban J connectivity index is 1.34. The highest BCUT2D eigenvalue weighted by molar-refractivity contribution is 7.20. The zero-order valence-electron chi connectivity index (χ0n) is 18.2. The van der Waals surface area contributed by atoms with Gasteiger partial charge in [0, 0.05) is 24.9 Å². The number of aryl methyl sites for hydroxylation is 2. The molecule has 32 heavy (non-hydrogen) atoms. The van der Waals surface area contributed by atoms with E-state index in [1.165, 1.54) is 24.2 Å². The van der Waals surface area contributed by atoms with E-state index in [1.807, 2.05) is 52.9 Å². The lowest BCUT2D eigenvalue weighted by atomic mass is 10.2. The first-order valence-corrected chi connectivity index (χ1v) is 12.3. The lowest BCUT2D eigenvalue weighted by Crippen LogP contribution is -2.31. The van der Waals surface area contributed by atoms with Gasteiger partial charge in [-0.15, -0.1) is 21.5 Å². The Morgan fingerprint density at radius 3 is 2.81 bits per heavy atom. The molecular weight excluding hydrogens is 420 g/mol. The molecule has 2 aliphatic rings. The van der Waals surface area contributed by atoms with E-state index in [-0.39, 0.29) is 11.9 Å². The summed E-state index contributed by atoms with van der Waals surface area (Å²) in [5.74, 6) is 2.15. The van der Waals surface area contributed by atoms with Crippen molar-refractivity contribution in [3.05, 3.63) is 58.6 Å². The van der Waals surface area contributed by atoms with Crippen LogP contribution in [0, 0.1) is 6.92 Å². The minimum absolute atomic E-state index is 0.0128. The van der Waals surface area contributed by atoms with Gasteiger partial charge < -0.3 is 9.47 Å². The minimum atomic E-state index is 0.0128. The Kier molecular flexibility index (Phi) is 4.82. The molecular formula is C24H26N6OS. The van der Waals surface area contributed by atoms with E-state index in [0.717, 1.165) is 76.9 Å². The SMILES string of the molecule is Cc1nn(-c2ccccc2)c2sc(C(=O)N3CCCC3c3nnc4n3CCCCC4)cc12. The number of likely N-dealkylation sites (tertiary alicyclic amines) is 1. The van der Waals surface area contributed by atoms with Crippen LogP contribution in [0.25, 0.3) is 15.9 Å². The van der Waals surface area contributed by atoms with Crippen LogP contribution in [0.1, 0.15) is 65.2 Å². The quantitative estimate of drug-likeness (QED) is 0.458. The highest BCUT2D eigenvalue weighted by atomic mass is 32.1. The maximum atomic E-state index is 13.7. The monoisotopic (exact) mass is 446 g/mol. The first-order chi connectivity index (χ1) is 15.7. The standard InChI is InChI=1S/C24H26N6OS/c1-16-18-15-20(32-24(18)30(27-16)17-9-4-2-5-10-17)23(31)28-14-8-11-19(28)22-26-25-21-12-6-3-7-13-29(21)22/h2,4-5,9-10,15,19H,3,6-8,11-14H2,1H3. The molecule has 1 atom stereocenters. The number of hydrogen-bond acceptors (Lipinski definition) is 5. The van der Waals surface area contributed by atoms with Crippen molar-refractivity contribution in [1.29, 1.82) is 0 Å². The first-order valence-electron chi connectivity index (χ1n) is 11.5. The second kappa shape index (κ2) is 7.85. The van der Waals surface area contributed by atoms with Crippen LogP contribution in [-0.2, 0) is 13.0 Å². The molecule has 0 radical (unpaired) electrons. The Labute approximate surface area is 190 Å². The molecule has 1 fully saturated rings. The zero-order valence-corrected chi connectivity index (χ0v) is 19.0. The average molecular weight is 447 g/mol. The minimum Gasteiger partial charge on any atom is -0.328 e. The van der Waals surface area contributed by atoms with Crippen LogP contribution < -0.4 is 0 Å². The third-order valence-corrected chi connectivity index (χ3v) is 7.80. The summed E-state index contributed by atoms with van der Waals surface area (Å²) < 4.78 is 4.23. The molecule has 4 aromatic rings. The summed E-state index contributed by atoms with van der Waals surface area (Å²) in [4.78, 5) is 17.5. The summed E-state index contributed by atoms with van der Waals surface area (Å²) in [6, 6.07) is 12.1. The van der Waals surface area contributed by atoms with Crippen molar-refractivity contribution in [1.82, 2.24) is 29.4 Å². The lowest BCUT2D eigenvalue weighted by molar-refractivity contribution is 0.0732. The van der Waals surface area contributed by atoms with Gasteiger partial charge in [0.15, 0.2) is 5.82 Å². The number of carbonyl (C=O) groups excluding carboxylic acids is 1. The summed E-state index contributed by atoms with van der Waals surface area (Å²) in [7, 11) is 0. The number of aromatic nitrogens is 5. The summed E-state index contributed by atoms with van der Waals surface area (Å²) in [6.45, 7) is 3.74. The molecule has 8 heteroatoms.